The summed E-state index contributed by atoms with van der Waals surface area (Å²) in [7, 11) is 0. The number of nitrogens with zero attached hydrogens (tertiary/aromatic N) is 4. The van der Waals surface area contributed by atoms with Crippen molar-refractivity contribution in [3.05, 3.63) is 30.1 Å². The molecule has 1 aromatic heterocycles. The molecule has 23 heavy (non-hydrogen) atoms. The topological polar surface area (TPSA) is 102 Å². The Balaban J connectivity index is 2.15. The summed E-state index contributed by atoms with van der Waals surface area (Å²) < 4.78 is 1.55. The molecule has 1 unspecified atom stereocenters. The smallest absolute Gasteiger partial charge is 0.247 e. The number of hydrogen-bond donors (Lipinski definition) is 2. The van der Waals surface area contributed by atoms with Crippen LogP contribution in [0.15, 0.2) is 24.5 Å². The fraction of sp³-hybridized carbons (Fsp3) is 0.400. The number of carbonyl (C=O) groups is 2. The fourth-order valence-corrected chi connectivity index (χ4v) is 2.24. The van der Waals surface area contributed by atoms with Gasteiger partial charge in [-0.05, 0) is 47.0 Å². The summed E-state index contributed by atoms with van der Waals surface area (Å²) in [5.74, 6) is -0.491. The Labute approximate surface area is 134 Å². The molecule has 0 bridgehead atoms. The Kier molecular flexibility index (Phi) is 5.05. The summed E-state index contributed by atoms with van der Waals surface area (Å²) in [5, 5.41) is 16.5. The van der Waals surface area contributed by atoms with Gasteiger partial charge in [0.05, 0.1) is 5.69 Å². The molecule has 2 rings (SSSR count). The molecule has 0 aliphatic carbocycles. The van der Waals surface area contributed by atoms with Crippen molar-refractivity contribution in [3.63, 3.8) is 0 Å². The zero-order valence-corrected chi connectivity index (χ0v) is 13.6. The average Bonchev–Trinajstić information content (AvgIpc) is 2.98. The molecule has 0 radical (unpaired) electrons. The first-order chi connectivity index (χ1) is 10.9. The molecule has 0 aliphatic heterocycles. The molecule has 2 N–H and O–H groups in total. The Morgan fingerprint density at radius 2 is 2.00 bits per heavy atom. The van der Waals surface area contributed by atoms with Gasteiger partial charge in [0.2, 0.25) is 11.8 Å². The van der Waals surface area contributed by atoms with Crippen LogP contribution in [-0.4, -0.2) is 38.1 Å². The van der Waals surface area contributed by atoms with E-state index in [4.69, 9.17) is 0 Å². The molecular weight excluding hydrogens is 296 g/mol. The van der Waals surface area contributed by atoms with Gasteiger partial charge in [0.25, 0.3) is 0 Å². The summed E-state index contributed by atoms with van der Waals surface area (Å²) >= 11 is 0. The van der Waals surface area contributed by atoms with Crippen LogP contribution in [0, 0.1) is 12.8 Å². The van der Waals surface area contributed by atoms with Crippen molar-refractivity contribution in [2.24, 2.45) is 5.92 Å². The number of aromatic nitrogens is 4. The monoisotopic (exact) mass is 316 g/mol. The van der Waals surface area contributed by atoms with E-state index in [0.717, 1.165) is 11.3 Å². The largest absolute Gasteiger partial charge is 0.344 e. The molecule has 1 heterocycles. The molecule has 8 heteroatoms. The molecule has 0 saturated heterocycles. The predicted octanol–water partition coefficient (Wildman–Crippen LogP) is 1.07. The van der Waals surface area contributed by atoms with E-state index < -0.39 is 6.04 Å². The van der Waals surface area contributed by atoms with Gasteiger partial charge in [0.1, 0.15) is 12.4 Å². The van der Waals surface area contributed by atoms with Gasteiger partial charge in [-0.3, -0.25) is 9.59 Å². The molecule has 122 valence electrons. The summed E-state index contributed by atoms with van der Waals surface area (Å²) in [6.45, 7) is 7.06. The van der Waals surface area contributed by atoms with Gasteiger partial charge >= 0.3 is 0 Å². The third-order valence-electron chi connectivity index (χ3n) is 3.37. The lowest BCUT2D eigenvalue weighted by Gasteiger charge is -2.21. The van der Waals surface area contributed by atoms with Crippen molar-refractivity contribution in [1.29, 1.82) is 0 Å². The first-order valence-electron chi connectivity index (χ1n) is 7.30. The molecule has 0 saturated carbocycles. The van der Waals surface area contributed by atoms with E-state index >= 15 is 0 Å². The number of rotatable bonds is 5. The maximum Gasteiger partial charge on any atom is 0.247 e. The maximum atomic E-state index is 12.4. The molecule has 0 aliphatic rings. The Hall–Kier alpha value is -2.77. The van der Waals surface area contributed by atoms with Crippen LogP contribution in [0.5, 0.6) is 0 Å². The van der Waals surface area contributed by atoms with E-state index in [0.29, 0.717) is 5.69 Å². The number of tetrazole rings is 1. The maximum absolute atomic E-state index is 12.4. The van der Waals surface area contributed by atoms with Gasteiger partial charge in [0.15, 0.2) is 0 Å². The zero-order chi connectivity index (χ0) is 17.0. The first kappa shape index (κ1) is 16.6. The van der Waals surface area contributed by atoms with E-state index in [1.165, 1.54) is 13.3 Å². The molecule has 1 aromatic carbocycles. The Morgan fingerprint density at radius 1 is 1.26 bits per heavy atom. The Morgan fingerprint density at radius 3 is 2.52 bits per heavy atom. The van der Waals surface area contributed by atoms with Crippen molar-refractivity contribution in [3.8, 4) is 5.69 Å². The average molecular weight is 316 g/mol. The summed E-state index contributed by atoms with van der Waals surface area (Å²) in [6.07, 6.45) is 1.51. The lowest BCUT2D eigenvalue weighted by molar-refractivity contribution is -0.126. The number of nitrogens with one attached hydrogen (secondary N) is 2. The third-order valence-corrected chi connectivity index (χ3v) is 3.37. The van der Waals surface area contributed by atoms with Gasteiger partial charge in [-0.15, -0.1) is 5.10 Å². The fourth-order valence-electron chi connectivity index (χ4n) is 2.24. The van der Waals surface area contributed by atoms with Gasteiger partial charge in [-0.2, -0.15) is 0 Å². The second kappa shape index (κ2) is 6.99. The summed E-state index contributed by atoms with van der Waals surface area (Å²) in [4.78, 5) is 23.6. The quantitative estimate of drug-likeness (QED) is 0.859. The number of hydrogen-bond acceptors (Lipinski definition) is 5. The predicted molar refractivity (Wildman–Crippen MR) is 85.0 cm³/mol. The standard InChI is InChI=1S/C15H20N6O2/c1-9(2)14(17-11(4)22)15(23)18-12-5-6-13(10(3)7-12)21-8-16-19-20-21/h5-9,14H,1-4H3,(H,17,22)(H,18,23). The van der Waals surface area contributed by atoms with Gasteiger partial charge in [-0.1, -0.05) is 13.8 Å². The molecule has 2 aromatic rings. The highest BCUT2D eigenvalue weighted by atomic mass is 16.2. The lowest BCUT2D eigenvalue weighted by Crippen LogP contribution is -2.46. The molecular formula is C15H20N6O2. The second-order valence-electron chi connectivity index (χ2n) is 5.67. The van der Waals surface area contributed by atoms with Gasteiger partial charge < -0.3 is 10.6 Å². The van der Waals surface area contributed by atoms with Crippen LogP contribution in [0.25, 0.3) is 5.69 Å². The number of amides is 2. The highest BCUT2D eigenvalue weighted by Gasteiger charge is 2.23. The number of anilines is 1. The van der Waals surface area contributed by atoms with Crippen LogP contribution >= 0.6 is 0 Å². The van der Waals surface area contributed by atoms with Crippen molar-refractivity contribution >= 4 is 17.5 Å². The third kappa shape index (κ3) is 4.12. The van der Waals surface area contributed by atoms with Crippen LogP contribution in [0.1, 0.15) is 26.3 Å². The number of benzene rings is 1. The second-order valence-corrected chi connectivity index (χ2v) is 5.67. The molecule has 0 fully saturated rings. The van der Waals surface area contributed by atoms with Crippen molar-refractivity contribution in [2.75, 3.05) is 5.32 Å². The number of carbonyl (C=O) groups excluding carboxylic acids is 2. The van der Waals surface area contributed by atoms with E-state index in [-0.39, 0.29) is 17.7 Å². The van der Waals surface area contributed by atoms with Crippen LogP contribution < -0.4 is 10.6 Å². The van der Waals surface area contributed by atoms with E-state index in [2.05, 4.69) is 26.2 Å². The van der Waals surface area contributed by atoms with E-state index in [9.17, 15) is 9.59 Å². The molecule has 2 amide bonds. The van der Waals surface area contributed by atoms with Crippen LogP contribution in [-0.2, 0) is 9.59 Å². The van der Waals surface area contributed by atoms with E-state index in [1.54, 1.807) is 10.7 Å². The van der Waals surface area contributed by atoms with Crippen LogP contribution in [0.4, 0.5) is 5.69 Å². The first-order valence-corrected chi connectivity index (χ1v) is 7.30. The zero-order valence-electron chi connectivity index (χ0n) is 13.6. The summed E-state index contributed by atoms with van der Waals surface area (Å²) in [5.41, 5.74) is 2.39. The minimum Gasteiger partial charge on any atom is -0.344 e. The Bertz CT molecular complexity index is 696. The minimum absolute atomic E-state index is 0.0134. The highest BCUT2D eigenvalue weighted by Crippen LogP contribution is 2.18. The normalized spacial score (nSPS) is 12.0. The van der Waals surface area contributed by atoms with Crippen LogP contribution in [0.2, 0.25) is 0 Å². The summed E-state index contributed by atoms with van der Waals surface area (Å²) in [6, 6.07) is 4.85. The van der Waals surface area contributed by atoms with Crippen molar-refractivity contribution in [2.45, 2.75) is 33.7 Å². The number of aryl methyl sites for hydroxylation is 1. The molecule has 8 nitrogen and oxygen atoms in total. The van der Waals surface area contributed by atoms with Crippen molar-refractivity contribution < 1.29 is 9.59 Å². The van der Waals surface area contributed by atoms with Gasteiger partial charge in [0, 0.05) is 12.6 Å². The SMILES string of the molecule is CC(=O)NC(C(=O)Nc1ccc(-n2cnnn2)c(C)c1)C(C)C. The van der Waals surface area contributed by atoms with Crippen molar-refractivity contribution in [1.82, 2.24) is 25.5 Å². The van der Waals surface area contributed by atoms with E-state index in [1.807, 2.05) is 32.9 Å². The molecule has 1 atom stereocenters. The highest BCUT2D eigenvalue weighted by molar-refractivity contribution is 5.97. The molecule has 0 spiro atoms. The van der Waals surface area contributed by atoms with Crippen LogP contribution in [0.3, 0.4) is 0 Å². The minimum atomic E-state index is -0.577. The lowest BCUT2D eigenvalue weighted by atomic mass is 10.0. The van der Waals surface area contributed by atoms with Gasteiger partial charge in [-0.25, -0.2) is 4.68 Å².